The molecule has 1 atom stereocenters. The highest BCUT2D eigenvalue weighted by molar-refractivity contribution is 9.10. The Morgan fingerprint density at radius 2 is 1.87 bits per heavy atom. The van der Waals surface area contributed by atoms with Gasteiger partial charge in [0.15, 0.2) is 6.61 Å². The Morgan fingerprint density at radius 1 is 1.20 bits per heavy atom. The van der Waals surface area contributed by atoms with Crippen LogP contribution in [0.1, 0.15) is 24.9 Å². The zero-order valence-corrected chi connectivity index (χ0v) is 18.0. The van der Waals surface area contributed by atoms with E-state index in [0.717, 1.165) is 0 Å². The lowest BCUT2D eigenvalue weighted by molar-refractivity contribution is -0.384. The van der Waals surface area contributed by atoms with Gasteiger partial charge in [0.1, 0.15) is 0 Å². The fourth-order valence-corrected chi connectivity index (χ4v) is 3.06. The number of benzene rings is 2. The summed E-state index contributed by atoms with van der Waals surface area (Å²) in [7, 11) is 0. The lowest BCUT2D eigenvalue weighted by Gasteiger charge is -2.17. The number of esters is 1. The van der Waals surface area contributed by atoms with Gasteiger partial charge in [-0.3, -0.25) is 24.5 Å². The average Bonchev–Trinajstić information content (AvgIpc) is 2.67. The van der Waals surface area contributed by atoms with Gasteiger partial charge in [-0.05, 0) is 39.7 Å². The van der Waals surface area contributed by atoms with Gasteiger partial charge in [-0.25, -0.2) is 0 Å². The monoisotopic (exact) mass is 497 g/mol. The lowest BCUT2D eigenvalue weighted by atomic mass is 10.0. The minimum absolute atomic E-state index is 0.141. The van der Waals surface area contributed by atoms with Crippen LogP contribution in [0, 0.1) is 10.1 Å². The second-order valence-electron chi connectivity index (χ2n) is 6.14. The van der Waals surface area contributed by atoms with E-state index in [-0.39, 0.29) is 18.0 Å². The summed E-state index contributed by atoms with van der Waals surface area (Å²) in [4.78, 5) is 45.8. The standard InChI is InChI=1S/C19H17BrClN3O6/c1-11(25)22-17(12-2-4-13(21)5-3-12)9-19(27)30-10-18(26)23-16-7-6-14(24(28)29)8-15(16)20/h2-8,17H,9-10H2,1H3,(H,22,25)(H,23,26). The Labute approximate surface area is 185 Å². The predicted molar refractivity (Wildman–Crippen MR) is 113 cm³/mol. The molecule has 0 fully saturated rings. The maximum absolute atomic E-state index is 12.2. The largest absolute Gasteiger partial charge is 0.455 e. The number of hydrogen-bond acceptors (Lipinski definition) is 6. The van der Waals surface area contributed by atoms with Crippen LogP contribution in [-0.2, 0) is 19.1 Å². The predicted octanol–water partition coefficient (Wildman–Crippen LogP) is 3.76. The summed E-state index contributed by atoms with van der Waals surface area (Å²) in [5.41, 5.74) is 0.808. The molecule has 1 unspecified atom stereocenters. The highest BCUT2D eigenvalue weighted by Gasteiger charge is 2.19. The molecule has 30 heavy (non-hydrogen) atoms. The molecule has 0 bridgehead atoms. The molecule has 2 aromatic carbocycles. The molecule has 2 N–H and O–H groups in total. The van der Waals surface area contributed by atoms with Gasteiger partial charge >= 0.3 is 5.97 Å². The molecule has 0 aliphatic rings. The first-order chi connectivity index (χ1) is 14.2. The Hall–Kier alpha value is -2.98. The summed E-state index contributed by atoms with van der Waals surface area (Å²) in [6.07, 6.45) is -0.185. The number of nitro benzene ring substituents is 1. The highest BCUT2D eigenvalue weighted by Crippen LogP contribution is 2.27. The molecule has 9 nitrogen and oxygen atoms in total. The second-order valence-corrected chi connectivity index (χ2v) is 7.43. The van der Waals surface area contributed by atoms with Gasteiger partial charge in [0.05, 0.1) is 23.1 Å². The van der Waals surface area contributed by atoms with Crippen molar-refractivity contribution >= 4 is 56.7 Å². The second kappa shape index (κ2) is 10.7. The van der Waals surface area contributed by atoms with E-state index in [1.165, 1.54) is 25.1 Å². The number of nitrogens with one attached hydrogen (secondary N) is 2. The van der Waals surface area contributed by atoms with Gasteiger partial charge in [0.2, 0.25) is 5.91 Å². The van der Waals surface area contributed by atoms with E-state index in [1.54, 1.807) is 24.3 Å². The van der Waals surface area contributed by atoms with Gasteiger partial charge in [0.25, 0.3) is 11.6 Å². The lowest BCUT2D eigenvalue weighted by Crippen LogP contribution is -2.29. The van der Waals surface area contributed by atoms with Crippen molar-refractivity contribution in [2.75, 3.05) is 11.9 Å². The third kappa shape index (κ3) is 7.12. The van der Waals surface area contributed by atoms with E-state index < -0.39 is 29.4 Å². The third-order valence-corrected chi connectivity index (χ3v) is 4.73. The highest BCUT2D eigenvalue weighted by atomic mass is 79.9. The molecule has 2 rings (SSSR count). The van der Waals surface area contributed by atoms with E-state index in [2.05, 4.69) is 26.6 Å². The zero-order valence-electron chi connectivity index (χ0n) is 15.7. The molecule has 2 aromatic rings. The number of rotatable bonds is 8. The molecular formula is C19H17BrClN3O6. The Bertz CT molecular complexity index is 967. The molecular weight excluding hydrogens is 482 g/mol. The van der Waals surface area contributed by atoms with Crippen LogP contribution < -0.4 is 10.6 Å². The molecule has 0 radical (unpaired) electrons. The number of carbonyl (C=O) groups excluding carboxylic acids is 3. The van der Waals surface area contributed by atoms with Gasteiger partial charge < -0.3 is 15.4 Å². The molecule has 0 aliphatic heterocycles. The summed E-state index contributed by atoms with van der Waals surface area (Å²) in [5, 5.41) is 16.4. The topological polar surface area (TPSA) is 128 Å². The molecule has 2 amide bonds. The summed E-state index contributed by atoms with van der Waals surface area (Å²) >= 11 is 8.99. The van der Waals surface area contributed by atoms with Crippen LogP contribution in [0.3, 0.4) is 0 Å². The minimum atomic E-state index is -0.693. The molecule has 0 heterocycles. The van der Waals surface area contributed by atoms with Crippen molar-refractivity contribution in [3.05, 3.63) is 67.6 Å². The molecule has 0 saturated heterocycles. The van der Waals surface area contributed by atoms with Gasteiger partial charge in [-0.15, -0.1) is 0 Å². The number of nitro groups is 1. The Morgan fingerprint density at radius 3 is 2.43 bits per heavy atom. The zero-order chi connectivity index (χ0) is 22.3. The normalized spacial score (nSPS) is 11.3. The minimum Gasteiger partial charge on any atom is -0.455 e. The fourth-order valence-electron chi connectivity index (χ4n) is 2.47. The number of amides is 2. The smallest absolute Gasteiger partial charge is 0.308 e. The van der Waals surface area contributed by atoms with Gasteiger partial charge in [-0.1, -0.05) is 23.7 Å². The Kier molecular flexibility index (Phi) is 8.31. The molecule has 0 aliphatic carbocycles. The number of hydrogen-bond donors (Lipinski definition) is 2. The van der Waals surface area contributed by atoms with Crippen LogP contribution in [0.2, 0.25) is 5.02 Å². The number of nitrogens with zero attached hydrogens (tertiary/aromatic N) is 1. The summed E-state index contributed by atoms with van der Waals surface area (Å²) in [5.74, 6) is -1.65. The Balaban J connectivity index is 1.93. The third-order valence-electron chi connectivity index (χ3n) is 3.82. The van der Waals surface area contributed by atoms with Crippen LogP contribution in [0.25, 0.3) is 0 Å². The molecule has 0 spiro atoms. The number of anilines is 1. The van der Waals surface area contributed by atoms with Crippen molar-refractivity contribution < 1.29 is 24.0 Å². The van der Waals surface area contributed by atoms with Crippen LogP contribution in [0.4, 0.5) is 11.4 Å². The number of non-ortho nitro benzene ring substituents is 1. The van der Waals surface area contributed by atoms with Crippen molar-refractivity contribution in [1.82, 2.24) is 5.32 Å². The first kappa shape index (κ1) is 23.3. The number of ether oxygens (including phenoxy) is 1. The van der Waals surface area contributed by atoms with E-state index in [9.17, 15) is 24.5 Å². The van der Waals surface area contributed by atoms with E-state index in [0.29, 0.717) is 20.7 Å². The number of halogens is 2. The van der Waals surface area contributed by atoms with Crippen molar-refractivity contribution in [2.24, 2.45) is 0 Å². The molecule has 158 valence electrons. The van der Waals surface area contributed by atoms with Crippen LogP contribution in [-0.4, -0.2) is 29.3 Å². The summed E-state index contributed by atoms with van der Waals surface area (Å²) < 4.78 is 5.29. The fraction of sp³-hybridized carbons (Fsp3) is 0.211. The maximum atomic E-state index is 12.2. The molecule has 0 aromatic heterocycles. The first-order valence-corrected chi connectivity index (χ1v) is 9.74. The van der Waals surface area contributed by atoms with E-state index in [4.69, 9.17) is 16.3 Å². The van der Waals surface area contributed by atoms with E-state index in [1.807, 2.05) is 0 Å². The van der Waals surface area contributed by atoms with Gasteiger partial charge in [0, 0.05) is 28.6 Å². The van der Waals surface area contributed by atoms with Gasteiger partial charge in [-0.2, -0.15) is 0 Å². The van der Waals surface area contributed by atoms with Crippen LogP contribution in [0.5, 0.6) is 0 Å². The van der Waals surface area contributed by atoms with Crippen LogP contribution >= 0.6 is 27.5 Å². The van der Waals surface area contributed by atoms with Crippen molar-refractivity contribution in [3.63, 3.8) is 0 Å². The van der Waals surface area contributed by atoms with Crippen molar-refractivity contribution in [3.8, 4) is 0 Å². The summed E-state index contributed by atoms with van der Waals surface area (Å²) in [6, 6.07) is 9.81. The molecule has 0 saturated carbocycles. The SMILES string of the molecule is CC(=O)NC(CC(=O)OCC(=O)Nc1ccc([N+](=O)[O-])cc1Br)c1ccc(Cl)cc1. The quantitative estimate of drug-likeness (QED) is 0.324. The summed E-state index contributed by atoms with van der Waals surface area (Å²) in [6.45, 7) is 0.763. The van der Waals surface area contributed by atoms with Crippen molar-refractivity contribution in [2.45, 2.75) is 19.4 Å². The maximum Gasteiger partial charge on any atom is 0.308 e. The first-order valence-electron chi connectivity index (χ1n) is 8.57. The van der Waals surface area contributed by atoms with Crippen LogP contribution in [0.15, 0.2) is 46.9 Å². The van der Waals surface area contributed by atoms with E-state index >= 15 is 0 Å². The van der Waals surface area contributed by atoms with Crippen molar-refractivity contribution in [1.29, 1.82) is 0 Å². The average molecular weight is 499 g/mol. The molecule has 11 heteroatoms. The number of carbonyl (C=O) groups is 3.